The fraction of sp³-hybridized carbons (Fsp3) is 0. The van der Waals surface area contributed by atoms with Gasteiger partial charge in [0.15, 0.2) is 5.69 Å². The second kappa shape index (κ2) is 4.00. The molecule has 0 fully saturated rings. The highest BCUT2D eigenvalue weighted by molar-refractivity contribution is 5.90. The molecule has 0 spiro atoms. The van der Waals surface area contributed by atoms with Crippen molar-refractivity contribution in [2.45, 2.75) is 0 Å². The third kappa shape index (κ3) is 2.09. The first-order valence-electron chi connectivity index (χ1n) is 4.54. The lowest BCUT2D eigenvalue weighted by atomic mass is 10.2. The van der Waals surface area contributed by atoms with Crippen LogP contribution in [-0.4, -0.2) is 26.1 Å². The third-order valence-electron chi connectivity index (χ3n) is 2.01. The zero-order valence-electron chi connectivity index (χ0n) is 8.43. The van der Waals surface area contributed by atoms with E-state index in [1.807, 2.05) is 4.98 Å². The number of rotatable bonds is 2. The first kappa shape index (κ1) is 10.7. The van der Waals surface area contributed by atoms with Gasteiger partial charge in [-0.2, -0.15) is 0 Å². The van der Waals surface area contributed by atoms with Gasteiger partial charge in [0.1, 0.15) is 0 Å². The maximum atomic E-state index is 11.4. The van der Waals surface area contributed by atoms with E-state index in [2.05, 4.69) is 15.2 Å². The molecule has 2 heterocycles. The molecule has 0 bridgehead atoms. The van der Waals surface area contributed by atoms with E-state index in [9.17, 15) is 14.4 Å². The molecule has 0 saturated heterocycles. The molecule has 2 rings (SSSR count). The van der Waals surface area contributed by atoms with Crippen molar-refractivity contribution in [3.8, 4) is 11.3 Å². The van der Waals surface area contributed by atoms with E-state index in [0.717, 1.165) is 0 Å². The van der Waals surface area contributed by atoms with E-state index in [-0.39, 0.29) is 17.0 Å². The van der Waals surface area contributed by atoms with Gasteiger partial charge in [-0.3, -0.25) is 14.6 Å². The number of hydrogen-bond donors (Lipinski definition) is 3. The molecule has 17 heavy (non-hydrogen) atoms. The minimum atomic E-state index is -0.709. The van der Waals surface area contributed by atoms with Crippen LogP contribution in [0.1, 0.15) is 10.5 Å². The molecule has 0 aliphatic carbocycles. The molecule has 0 radical (unpaired) electrons. The van der Waals surface area contributed by atoms with E-state index in [4.69, 9.17) is 5.73 Å². The van der Waals surface area contributed by atoms with E-state index >= 15 is 0 Å². The van der Waals surface area contributed by atoms with Gasteiger partial charge in [-0.25, -0.2) is 4.79 Å². The van der Waals surface area contributed by atoms with Gasteiger partial charge < -0.3 is 10.7 Å². The van der Waals surface area contributed by atoms with Gasteiger partial charge in [0, 0.05) is 6.20 Å². The fourth-order valence-corrected chi connectivity index (χ4v) is 1.21. The van der Waals surface area contributed by atoms with Crippen LogP contribution in [0.5, 0.6) is 0 Å². The summed E-state index contributed by atoms with van der Waals surface area (Å²) in [6.07, 6.45) is 1.22. The van der Waals surface area contributed by atoms with Crippen LogP contribution in [0.4, 0.5) is 0 Å². The van der Waals surface area contributed by atoms with Crippen LogP contribution in [0.2, 0.25) is 0 Å². The highest BCUT2D eigenvalue weighted by Gasteiger charge is 2.08. The van der Waals surface area contributed by atoms with Crippen molar-refractivity contribution in [3.05, 3.63) is 44.9 Å². The topological polar surface area (TPSA) is 135 Å². The minimum absolute atomic E-state index is 0.00500. The highest BCUT2D eigenvalue weighted by atomic mass is 16.2. The summed E-state index contributed by atoms with van der Waals surface area (Å²) < 4.78 is 0. The van der Waals surface area contributed by atoms with Gasteiger partial charge >= 0.3 is 5.69 Å². The SMILES string of the molecule is NC(=O)c1ccc(-c2c[nH]c(=O)[nH]c2=O)nn1. The molecule has 86 valence electrons. The number of hydrogen-bond acceptors (Lipinski definition) is 5. The summed E-state index contributed by atoms with van der Waals surface area (Å²) >= 11 is 0. The molecule has 2 aromatic rings. The number of aromatic amines is 2. The van der Waals surface area contributed by atoms with Gasteiger partial charge in [0.2, 0.25) is 0 Å². The third-order valence-corrected chi connectivity index (χ3v) is 2.01. The lowest BCUT2D eigenvalue weighted by Gasteiger charge is -1.98. The molecule has 0 aliphatic heterocycles. The molecule has 0 aromatic carbocycles. The van der Waals surface area contributed by atoms with E-state index < -0.39 is 17.2 Å². The number of amides is 1. The summed E-state index contributed by atoms with van der Waals surface area (Å²) in [6, 6.07) is 2.76. The molecule has 2 aromatic heterocycles. The van der Waals surface area contributed by atoms with Gasteiger partial charge in [-0.15, -0.1) is 10.2 Å². The minimum Gasteiger partial charge on any atom is -0.364 e. The summed E-state index contributed by atoms with van der Waals surface area (Å²) in [4.78, 5) is 37.4. The summed E-state index contributed by atoms with van der Waals surface area (Å²) in [5.41, 5.74) is 4.17. The summed E-state index contributed by atoms with van der Waals surface area (Å²) in [5, 5.41) is 7.22. The van der Waals surface area contributed by atoms with Crippen LogP contribution < -0.4 is 17.0 Å². The normalized spacial score (nSPS) is 10.1. The predicted molar refractivity (Wildman–Crippen MR) is 57.2 cm³/mol. The molecule has 0 atom stereocenters. The Morgan fingerprint density at radius 2 is 2.00 bits per heavy atom. The average molecular weight is 233 g/mol. The molecule has 8 heteroatoms. The second-order valence-electron chi connectivity index (χ2n) is 3.15. The van der Waals surface area contributed by atoms with Crippen molar-refractivity contribution in [2.75, 3.05) is 0 Å². The molecular weight excluding hydrogens is 226 g/mol. The van der Waals surface area contributed by atoms with Gasteiger partial charge in [0.25, 0.3) is 11.5 Å². The summed E-state index contributed by atoms with van der Waals surface area (Å²) in [5.74, 6) is -0.709. The van der Waals surface area contributed by atoms with E-state index in [1.165, 1.54) is 18.3 Å². The Balaban J connectivity index is 2.50. The van der Waals surface area contributed by atoms with Gasteiger partial charge in [0.05, 0.1) is 11.3 Å². The standard InChI is InChI=1S/C9H7N5O3/c10-7(15)6-2-1-5(13-14-6)4-3-11-9(17)12-8(4)16/h1-3H,(H2,10,15)(H2,11,12,16,17). The monoisotopic (exact) mass is 233 g/mol. The van der Waals surface area contributed by atoms with Crippen LogP contribution in [0.15, 0.2) is 27.9 Å². The van der Waals surface area contributed by atoms with Crippen molar-refractivity contribution in [1.82, 2.24) is 20.2 Å². The van der Waals surface area contributed by atoms with Crippen molar-refractivity contribution in [1.29, 1.82) is 0 Å². The molecule has 0 saturated carbocycles. The van der Waals surface area contributed by atoms with Crippen LogP contribution in [0, 0.1) is 0 Å². The van der Waals surface area contributed by atoms with E-state index in [1.54, 1.807) is 0 Å². The molecule has 4 N–H and O–H groups in total. The average Bonchev–Trinajstić information content (AvgIpc) is 2.29. The molecule has 0 unspecified atom stereocenters. The number of carbonyl (C=O) groups excluding carboxylic acids is 1. The van der Waals surface area contributed by atoms with E-state index in [0.29, 0.717) is 0 Å². The second-order valence-corrected chi connectivity index (χ2v) is 3.15. The van der Waals surface area contributed by atoms with Crippen LogP contribution >= 0.6 is 0 Å². The van der Waals surface area contributed by atoms with Gasteiger partial charge in [-0.05, 0) is 12.1 Å². The Morgan fingerprint density at radius 3 is 2.53 bits per heavy atom. The Labute approximate surface area is 93.5 Å². The lowest BCUT2D eigenvalue weighted by Crippen LogP contribution is -2.23. The number of nitrogens with two attached hydrogens (primary N) is 1. The Hall–Kier alpha value is -2.77. The number of nitrogens with zero attached hydrogens (tertiary/aromatic N) is 2. The number of nitrogens with one attached hydrogen (secondary N) is 2. The quantitative estimate of drug-likeness (QED) is 0.587. The van der Waals surface area contributed by atoms with Crippen molar-refractivity contribution in [2.24, 2.45) is 5.73 Å². The molecule has 1 amide bonds. The van der Waals surface area contributed by atoms with Crippen LogP contribution in [0.25, 0.3) is 11.3 Å². The summed E-state index contributed by atoms with van der Waals surface area (Å²) in [6.45, 7) is 0. The Bertz CT molecular complexity index is 670. The zero-order chi connectivity index (χ0) is 12.4. The fourth-order valence-electron chi connectivity index (χ4n) is 1.21. The first-order chi connectivity index (χ1) is 8.08. The lowest BCUT2D eigenvalue weighted by molar-refractivity contribution is 0.0994. The Morgan fingerprint density at radius 1 is 1.24 bits per heavy atom. The van der Waals surface area contributed by atoms with Crippen molar-refractivity contribution in [3.63, 3.8) is 0 Å². The number of carbonyl (C=O) groups is 1. The highest BCUT2D eigenvalue weighted by Crippen LogP contribution is 2.08. The maximum absolute atomic E-state index is 11.4. The smallest absolute Gasteiger partial charge is 0.325 e. The maximum Gasteiger partial charge on any atom is 0.325 e. The Kier molecular flexibility index (Phi) is 2.53. The molecule has 0 aliphatic rings. The first-order valence-corrected chi connectivity index (χ1v) is 4.54. The number of H-pyrrole nitrogens is 2. The van der Waals surface area contributed by atoms with Gasteiger partial charge in [-0.1, -0.05) is 0 Å². The number of primary amides is 1. The van der Waals surface area contributed by atoms with Crippen molar-refractivity contribution >= 4 is 5.91 Å². The van der Waals surface area contributed by atoms with Crippen molar-refractivity contribution < 1.29 is 4.79 Å². The number of aromatic nitrogens is 4. The predicted octanol–water partition coefficient (Wildman–Crippen LogP) is -1.38. The zero-order valence-corrected chi connectivity index (χ0v) is 8.43. The van der Waals surface area contributed by atoms with Crippen LogP contribution in [-0.2, 0) is 0 Å². The molecule has 8 nitrogen and oxygen atoms in total. The largest absolute Gasteiger partial charge is 0.364 e. The molecular formula is C9H7N5O3. The van der Waals surface area contributed by atoms with Crippen LogP contribution in [0.3, 0.4) is 0 Å². The summed E-state index contributed by atoms with van der Waals surface area (Å²) in [7, 11) is 0.